The SMILES string of the molecule is [HH].c1cn2cc(-c3ccc4c(c3)C[C@]3(CCN5CCCCC5C3)O4)ccc2n1. The Morgan fingerprint density at radius 3 is 3.07 bits per heavy atom. The van der Waals surface area contributed by atoms with Crippen molar-refractivity contribution in [1.82, 2.24) is 14.3 Å². The van der Waals surface area contributed by atoms with Crippen molar-refractivity contribution in [3.8, 4) is 16.9 Å². The van der Waals surface area contributed by atoms with Crippen LogP contribution in [0.2, 0.25) is 0 Å². The van der Waals surface area contributed by atoms with Crippen molar-refractivity contribution in [1.29, 1.82) is 0 Å². The lowest BCUT2D eigenvalue weighted by atomic mass is 9.80. The zero-order valence-electron chi connectivity index (χ0n) is 15.6. The molecule has 0 amide bonds. The first-order chi connectivity index (χ1) is 13.3. The molecule has 2 aromatic heterocycles. The Bertz CT molecular complexity index is 1020. The van der Waals surface area contributed by atoms with Gasteiger partial charge in [0.25, 0.3) is 0 Å². The number of fused-ring (bicyclic) bond motifs is 3. The van der Waals surface area contributed by atoms with Crippen molar-refractivity contribution < 1.29 is 6.16 Å². The highest BCUT2D eigenvalue weighted by Crippen LogP contribution is 2.45. The van der Waals surface area contributed by atoms with Gasteiger partial charge in [0.15, 0.2) is 0 Å². The second-order valence-electron chi connectivity index (χ2n) is 8.53. The number of nitrogens with zero attached hydrogens (tertiary/aromatic N) is 3. The van der Waals surface area contributed by atoms with Gasteiger partial charge in [0.2, 0.25) is 0 Å². The van der Waals surface area contributed by atoms with Crippen LogP contribution in [0.4, 0.5) is 0 Å². The Morgan fingerprint density at radius 1 is 1.11 bits per heavy atom. The van der Waals surface area contributed by atoms with Gasteiger partial charge in [0.05, 0.1) is 0 Å². The van der Waals surface area contributed by atoms with Crippen molar-refractivity contribution in [3.63, 3.8) is 0 Å². The zero-order valence-corrected chi connectivity index (χ0v) is 15.6. The molecule has 0 N–H and O–H groups in total. The number of hydrogen-bond donors (Lipinski definition) is 0. The lowest BCUT2D eigenvalue weighted by Crippen LogP contribution is -2.54. The Labute approximate surface area is 161 Å². The molecule has 1 spiro atoms. The van der Waals surface area contributed by atoms with E-state index in [1.54, 1.807) is 0 Å². The van der Waals surface area contributed by atoms with Gasteiger partial charge in [-0.3, -0.25) is 0 Å². The van der Waals surface area contributed by atoms with E-state index in [-0.39, 0.29) is 7.03 Å². The minimum atomic E-state index is 0. The molecule has 1 aromatic carbocycles. The Hall–Kier alpha value is -2.33. The van der Waals surface area contributed by atoms with Crippen molar-refractivity contribution >= 4 is 5.65 Å². The smallest absolute Gasteiger partial charge is 0.136 e. The van der Waals surface area contributed by atoms with Crippen molar-refractivity contribution in [2.45, 2.75) is 50.2 Å². The molecule has 1 unspecified atom stereocenters. The van der Waals surface area contributed by atoms with Gasteiger partial charge < -0.3 is 14.0 Å². The summed E-state index contributed by atoms with van der Waals surface area (Å²) < 4.78 is 8.67. The standard InChI is InChI=1S/C23H25N3O.H2/c1-2-10-25-11-8-23(15-20(25)3-1)14-19-13-17(4-6-21(19)27-23)18-5-7-22-24-9-12-26(22)16-18;/h4-7,9,12-13,16,20H,1-3,8,10-11,14-15H2;1H/t20?,23-;/m0./s1. The number of hydrogen-bond acceptors (Lipinski definition) is 3. The molecule has 27 heavy (non-hydrogen) atoms. The fourth-order valence-electron chi connectivity index (χ4n) is 5.42. The first-order valence-corrected chi connectivity index (χ1v) is 10.3. The second-order valence-corrected chi connectivity index (χ2v) is 8.53. The third-order valence-corrected chi connectivity index (χ3v) is 6.83. The summed E-state index contributed by atoms with van der Waals surface area (Å²) in [4.78, 5) is 7.04. The predicted octanol–water partition coefficient (Wildman–Crippen LogP) is 4.57. The van der Waals surface area contributed by atoms with Crippen LogP contribution >= 0.6 is 0 Å². The Balaban J connectivity index is 0.00000171. The highest BCUT2D eigenvalue weighted by atomic mass is 16.5. The molecule has 140 valence electrons. The lowest BCUT2D eigenvalue weighted by molar-refractivity contribution is -0.0249. The molecule has 0 saturated carbocycles. The number of pyridine rings is 1. The van der Waals surface area contributed by atoms with Crippen molar-refractivity contribution in [2.75, 3.05) is 13.1 Å². The largest absolute Gasteiger partial charge is 0.487 e. The molecule has 2 fully saturated rings. The normalized spacial score (nSPS) is 27.5. The molecule has 0 radical (unpaired) electrons. The summed E-state index contributed by atoms with van der Waals surface area (Å²) in [6, 6.07) is 11.7. The summed E-state index contributed by atoms with van der Waals surface area (Å²) in [6.45, 7) is 2.48. The average molecular weight is 361 g/mol. The van der Waals surface area contributed by atoms with Crippen LogP contribution in [0.15, 0.2) is 48.9 Å². The van der Waals surface area contributed by atoms with Gasteiger partial charge in [0, 0.05) is 51.9 Å². The summed E-state index contributed by atoms with van der Waals surface area (Å²) in [5, 5.41) is 0. The van der Waals surface area contributed by atoms with E-state index in [4.69, 9.17) is 4.74 Å². The highest BCUT2D eigenvalue weighted by molar-refractivity contribution is 5.67. The van der Waals surface area contributed by atoms with Crippen LogP contribution < -0.4 is 4.74 Å². The molecule has 2 atom stereocenters. The second kappa shape index (κ2) is 5.83. The average Bonchev–Trinajstić information content (AvgIpc) is 3.30. The van der Waals surface area contributed by atoms with Gasteiger partial charge >= 0.3 is 0 Å². The molecular weight excluding hydrogens is 334 g/mol. The number of rotatable bonds is 1. The molecule has 2 saturated heterocycles. The maximum Gasteiger partial charge on any atom is 0.136 e. The third kappa shape index (κ3) is 2.58. The van der Waals surface area contributed by atoms with E-state index in [0.29, 0.717) is 0 Å². The van der Waals surface area contributed by atoms with Crippen LogP contribution in [0.3, 0.4) is 0 Å². The van der Waals surface area contributed by atoms with Crippen LogP contribution in [0, 0.1) is 0 Å². The third-order valence-electron chi connectivity index (χ3n) is 6.83. The molecule has 0 bridgehead atoms. The predicted molar refractivity (Wildman–Crippen MR) is 108 cm³/mol. The molecule has 0 aliphatic carbocycles. The molecule has 3 aromatic rings. The maximum absolute atomic E-state index is 6.59. The number of imidazole rings is 1. The van der Waals surface area contributed by atoms with Gasteiger partial charge in [0.1, 0.15) is 17.0 Å². The fourth-order valence-corrected chi connectivity index (χ4v) is 5.42. The first kappa shape index (κ1) is 15.7. The van der Waals surface area contributed by atoms with Gasteiger partial charge in [-0.05, 0) is 60.3 Å². The fraction of sp³-hybridized carbons (Fsp3) is 0.435. The van der Waals surface area contributed by atoms with E-state index in [9.17, 15) is 0 Å². The van der Waals surface area contributed by atoms with Crippen LogP contribution in [-0.2, 0) is 6.42 Å². The number of aromatic nitrogens is 2. The first-order valence-electron chi connectivity index (χ1n) is 10.3. The van der Waals surface area contributed by atoms with Crippen molar-refractivity contribution in [3.05, 3.63) is 54.5 Å². The van der Waals surface area contributed by atoms with E-state index >= 15 is 0 Å². The van der Waals surface area contributed by atoms with Crippen LogP contribution in [0.5, 0.6) is 5.75 Å². The van der Waals surface area contributed by atoms with E-state index in [1.807, 2.05) is 12.4 Å². The summed E-state index contributed by atoms with van der Waals surface area (Å²) in [6.07, 6.45) is 13.5. The summed E-state index contributed by atoms with van der Waals surface area (Å²) in [5.41, 5.74) is 4.89. The van der Waals surface area contributed by atoms with E-state index < -0.39 is 0 Å². The molecule has 6 rings (SSSR count). The molecule has 4 nitrogen and oxygen atoms in total. The summed E-state index contributed by atoms with van der Waals surface area (Å²) in [5.74, 6) is 1.10. The molecule has 4 heteroatoms. The molecule has 3 aliphatic heterocycles. The van der Waals surface area contributed by atoms with Crippen LogP contribution in [-0.4, -0.2) is 39.0 Å². The minimum Gasteiger partial charge on any atom is -0.487 e. The topological polar surface area (TPSA) is 29.8 Å². The Morgan fingerprint density at radius 2 is 2.07 bits per heavy atom. The van der Waals surface area contributed by atoms with E-state index in [1.165, 1.54) is 55.5 Å². The summed E-state index contributed by atoms with van der Waals surface area (Å²) in [7, 11) is 0. The molecule has 5 heterocycles. The molecular formula is C23H27N3O. The molecule has 3 aliphatic rings. The monoisotopic (exact) mass is 361 g/mol. The number of ether oxygens (including phenoxy) is 1. The number of benzene rings is 1. The van der Waals surface area contributed by atoms with Gasteiger partial charge in [-0.25, -0.2) is 4.98 Å². The maximum atomic E-state index is 6.59. The zero-order chi connectivity index (χ0) is 17.8. The Kier molecular flexibility index (Phi) is 3.39. The van der Waals surface area contributed by atoms with Crippen LogP contribution in [0.1, 0.15) is 39.1 Å². The lowest BCUT2D eigenvalue weighted by Gasteiger charge is -2.46. The number of piperidine rings is 2. The summed E-state index contributed by atoms with van der Waals surface area (Å²) >= 11 is 0. The minimum absolute atomic E-state index is 0. The van der Waals surface area contributed by atoms with Crippen LogP contribution in [0.25, 0.3) is 16.8 Å². The van der Waals surface area contributed by atoms with Gasteiger partial charge in [-0.1, -0.05) is 12.5 Å². The van der Waals surface area contributed by atoms with Gasteiger partial charge in [-0.2, -0.15) is 0 Å². The van der Waals surface area contributed by atoms with E-state index in [2.05, 4.69) is 50.8 Å². The van der Waals surface area contributed by atoms with Gasteiger partial charge in [-0.15, -0.1) is 0 Å². The highest BCUT2D eigenvalue weighted by Gasteiger charge is 2.46. The van der Waals surface area contributed by atoms with E-state index in [0.717, 1.165) is 30.3 Å². The van der Waals surface area contributed by atoms with Crippen molar-refractivity contribution in [2.24, 2.45) is 0 Å². The quantitative estimate of drug-likeness (QED) is 0.636.